The first-order valence-electron chi connectivity index (χ1n) is 7.20. The van der Waals surface area contributed by atoms with Gasteiger partial charge in [-0.2, -0.15) is 5.10 Å². The maximum Gasteiger partial charge on any atom is 0.326 e. The van der Waals surface area contributed by atoms with Crippen LogP contribution in [-0.4, -0.2) is 32.8 Å². The number of amides is 1. The number of carbonyl (C=O) groups is 2. The van der Waals surface area contributed by atoms with Gasteiger partial charge in [0, 0.05) is 19.2 Å². The molecule has 6 nitrogen and oxygen atoms in total. The van der Waals surface area contributed by atoms with Gasteiger partial charge in [0.2, 0.25) is 0 Å². The Labute approximate surface area is 128 Å². The van der Waals surface area contributed by atoms with Crippen molar-refractivity contribution in [3.05, 3.63) is 53.9 Å². The zero-order valence-electron chi connectivity index (χ0n) is 12.4. The van der Waals surface area contributed by atoms with E-state index in [4.69, 9.17) is 0 Å². The normalized spacial score (nSPS) is 11.9. The van der Waals surface area contributed by atoms with Gasteiger partial charge in [0.25, 0.3) is 5.91 Å². The zero-order valence-corrected chi connectivity index (χ0v) is 12.4. The highest BCUT2D eigenvalue weighted by atomic mass is 16.4. The molecule has 6 heteroatoms. The van der Waals surface area contributed by atoms with Crippen LogP contribution in [0.3, 0.4) is 0 Å². The average Bonchev–Trinajstić information content (AvgIpc) is 2.96. The Morgan fingerprint density at radius 1 is 1.32 bits per heavy atom. The van der Waals surface area contributed by atoms with Crippen LogP contribution in [0.2, 0.25) is 0 Å². The van der Waals surface area contributed by atoms with Crippen LogP contribution < -0.4 is 5.32 Å². The molecule has 1 atom stereocenters. The van der Waals surface area contributed by atoms with Gasteiger partial charge in [-0.1, -0.05) is 37.3 Å². The molecule has 0 aliphatic carbocycles. The highest BCUT2D eigenvalue weighted by Crippen LogP contribution is 2.05. The third kappa shape index (κ3) is 4.18. The van der Waals surface area contributed by atoms with Crippen LogP contribution in [0.4, 0.5) is 0 Å². The molecular weight excluding hydrogens is 282 g/mol. The van der Waals surface area contributed by atoms with Gasteiger partial charge in [-0.15, -0.1) is 0 Å². The number of nitrogens with one attached hydrogen (secondary N) is 1. The number of aromatic nitrogens is 2. The van der Waals surface area contributed by atoms with Crippen molar-refractivity contribution in [1.29, 1.82) is 0 Å². The van der Waals surface area contributed by atoms with Gasteiger partial charge in [-0.3, -0.25) is 9.48 Å². The van der Waals surface area contributed by atoms with Crippen molar-refractivity contribution in [2.75, 3.05) is 0 Å². The van der Waals surface area contributed by atoms with Crippen LogP contribution in [0.25, 0.3) is 0 Å². The lowest BCUT2D eigenvalue weighted by atomic mass is 10.1. The van der Waals surface area contributed by atoms with Crippen LogP contribution in [0.15, 0.2) is 42.7 Å². The van der Waals surface area contributed by atoms with E-state index in [1.807, 2.05) is 37.3 Å². The van der Waals surface area contributed by atoms with E-state index in [-0.39, 0.29) is 6.42 Å². The number of benzene rings is 1. The van der Waals surface area contributed by atoms with Gasteiger partial charge < -0.3 is 10.4 Å². The molecule has 2 rings (SSSR count). The summed E-state index contributed by atoms with van der Waals surface area (Å²) in [6.07, 6.45) is 4.23. The number of nitrogens with zero attached hydrogens (tertiary/aromatic N) is 2. The Bertz CT molecular complexity index is 637. The molecule has 2 N–H and O–H groups in total. The number of aryl methyl sites for hydroxylation is 1. The minimum Gasteiger partial charge on any atom is -0.480 e. The Hall–Kier alpha value is -2.63. The van der Waals surface area contributed by atoms with E-state index in [2.05, 4.69) is 10.4 Å². The molecule has 0 aliphatic rings. The molecule has 0 bridgehead atoms. The summed E-state index contributed by atoms with van der Waals surface area (Å²) in [5.74, 6) is -1.48. The third-order valence-corrected chi connectivity index (χ3v) is 3.23. The summed E-state index contributed by atoms with van der Waals surface area (Å²) in [7, 11) is 0. The summed E-state index contributed by atoms with van der Waals surface area (Å²) in [5, 5.41) is 15.9. The van der Waals surface area contributed by atoms with Crippen molar-refractivity contribution in [1.82, 2.24) is 15.1 Å². The Kier molecular flexibility index (Phi) is 5.30. The average molecular weight is 301 g/mol. The molecule has 0 radical (unpaired) electrons. The van der Waals surface area contributed by atoms with Crippen molar-refractivity contribution in [3.8, 4) is 0 Å². The number of hydrogen-bond acceptors (Lipinski definition) is 3. The summed E-state index contributed by atoms with van der Waals surface area (Å²) in [5.41, 5.74) is 1.23. The van der Waals surface area contributed by atoms with Gasteiger partial charge in [0.05, 0.1) is 11.8 Å². The van der Waals surface area contributed by atoms with E-state index in [9.17, 15) is 14.7 Å². The van der Waals surface area contributed by atoms with Gasteiger partial charge in [0.15, 0.2) is 0 Å². The molecule has 1 heterocycles. The molecule has 0 saturated carbocycles. The Balaban J connectivity index is 2.03. The summed E-state index contributed by atoms with van der Waals surface area (Å²) >= 11 is 0. The van der Waals surface area contributed by atoms with E-state index in [0.717, 1.165) is 18.5 Å². The van der Waals surface area contributed by atoms with Gasteiger partial charge in [-0.25, -0.2) is 4.79 Å². The minimum absolute atomic E-state index is 0.241. The first-order valence-corrected chi connectivity index (χ1v) is 7.20. The molecular formula is C16H19N3O3. The number of carbonyl (C=O) groups excluding carboxylic acids is 1. The molecule has 0 aliphatic heterocycles. The van der Waals surface area contributed by atoms with Crippen LogP contribution in [0.5, 0.6) is 0 Å². The molecule has 0 spiro atoms. The SMILES string of the molecule is CCCn1cc(C(=O)NC(Cc2ccccc2)C(=O)O)cn1. The maximum atomic E-state index is 12.1. The highest BCUT2D eigenvalue weighted by Gasteiger charge is 2.21. The van der Waals surface area contributed by atoms with E-state index >= 15 is 0 Å². The second-order valence-corrected chi connectivity index (χ2v) is 5.05. The van der Waals surface area contributed by atoms with Crippen LogP contribution in [0, 0.1) is 0 Å². The summed E-state index contributed by atoms with van der Waals surface area (Å²) in [6.45, 7) is 2.74. The topological polar surface area (TPSA) is 84.2 Å². The first-order chi connectivity index (χ1) is 10.6. The smallest absolute Gasteiger partial charge is 0.326 e. The minimum atomic E-state index is -1.06. The van der Waals surface area contributed by atoms with Crippen molar-refractivity contribution in [3.63, 3.8) is 0 Å². The van der Waals surface area contributed by atoms with Crippen LogP contribution in [0.1, 0.15) is 29.3 Å². The second-order valence-electron chi connectivity index (χ2n) is 5.05. The van der Waals surface area contributed by atoms with Gasteiger partial charge in [-0.05, 0) is 12.0 Å². The Morgan fingerprint density at radius 3 is 2.68 bits per heavy atom. The molecule has 1 aromatic carbocycles. The van der Waals surface area contributed by atoms with Gasteiger partial charge >= 0.3 is 5.97 Å². The molecule has 1 aromatic heterocycles. The number of carboxylic acid groups (broad SMARTS) is 1. The summed E-state index contributed by atoms with van der Waals surface area (Å²) < 4.78 is 1.67. The van der Waals surface area contributed by atoms with E-state index in [1.54, 1.807) is 10.9 Å². The largest absolute Gasteiger partial charge is 0.480 e. The first kappa shape index (κ1) is 15.8. The zero-order chi connectivity index (χ0) is 15.9. The molecule has 2 aromatic rings. The van der Waals surface area contributed by atoms with E-state index < -0.39 is 17.9 Å². The lowest BCUT2D eigenvalue weighted by Crippen LogP contribution is -2.42. The predicted molar refractivity (Wildman–Crippen MR) is 81.6 cm³/mol. The lowest BCUT2D eigenvalue weighted by Gasteiger charge is -2.14. The van der Waals surface area contributed by atoms with E-state index in [0.29, 0.717) is 5.56 Å². The number of carboxylic acids is 1. The number of aliphatic carboxylic acids is 1. The van der Waals surface area contributed by atoms with Crippen molar-refractivity contribution < 1.29 is 14.7 Å². The monoisotopic (exact) mass is 301 g/mol. The standard InChI is InChI=1S/C16H19N3O3/c1-2-8-19-11-13(10-17-19)15(20)18-14(16(21)22)9-12-6-4-3-5-7-12/h3-7,10-11,14H,2,8-9H2,1H3,(H,18,20)(H,21,22). The summed E-state index contributed by atoms with van der Waals surface area (Å²) in [6, 6.07) is 8.24. The molecule has 22 heavy (non-hydrogen) atoms. The quantitative estimate of drug-likeness (QED) is 0.815. The molecule has 0 saturated heterocycles. The molecule has 1 unspecified atom stereocenters. The molecule has 116 valence electrons. The fourth-order valence-electron chi connectivity index (χ4n) is 2.12. The van der Waals surface area contributed by atoms with Gasteiger partial charge in [0.1, 0.15) is 6.04 Å². The molecule has 0 fully saturated rings. The van der Waals surface area contributed by atoms with Crippen molar-refractivity contribution in [2.24, 2.45) is 0 Å². The number of hydrogen-bond donors (Lipinski definition) is 2. The lowest BCUT2D eigenvalue weighted by molar-refractivity contribution is -0.139. The number of rotatable bonds is 7. The predicted octanol–water partition coefficient (Wildman–Crippen LogP) is 1.72. The molecule has 1 amide bonds. The third-order valence-electron chi connectivity index (χ3n) is 3.23. The Morgan fingerprint density at radius 2 is 2.05 bits per heavy atom. The van der Waals surface area contributed by atoms with Crippen molar-refractivity contribution >= 4 is 11.9 Å². The maximum absolute atomic E-state index is 12.1. The van der Waals surface area contributed by atoms with E-state index in [1.165, 1.54) is 6.20 Å². The van der Waals surface area contributed by atoms with Crippen LogP contribution >= 0.6 is 0 Å². The van der Waals surface area contributed by atoms with Crippen LogP contribution in [-0.2, 0) is 17.8 Å². The fourth-order valence-corrected chi connectivity index (χ4v) is 2.12. The van der Waals surface area contributed by atoms with Crippen molar-refractivity contribution in [2.45, 2.75) is 32.4 Å². The summed E-state index contributed by atoms with van der Waals surface area (Å²) in [4.78, 5) is 23.5. The second kappa shape index (κ2) is 7.40. The fraction of sp³-hybridized carbons (Fsp3) is 0.312. The highest BCUT2D eigenvalue weighted by molar-refractivity contribution is 5.96.